The summed E-state index contributed by atoms with van der Waals surface area (Å²) >= 11 is 0. The van der Waals surface area contributed by atoms with E-state index >= 15 is 0 Å². The lowest BCUT2D eigenvalue weighted by Crippen LogP contribution is -2.45. The van der Waals surface area contributed by atoms with Crippen molar-refractivity contribution in [1.29, 1.82) is 0 Å². The third kappa shape index (κ3) is 3.04. The first-order chi connectivity index (χ1) is 9.63. The Morgan fingerprint density at radius 2 is 1.67 bits per heavy atom. The summed E-state index contributed by atoms with van der Waals surface area (Å²) in [4.78, 5) is 0. The first-order valence-corrected chi connectivity index (χ1v) is 6.22. The van der Waals surface area contributed by atoms with Gasteiger partial charge in [0.2, 0.25) is 0 Å². The summed E-state index contributed by atoms with van der Waals surface area (Å²) in [5.74, 6) is -4.54. The van der Waals surface area contributed by atoms with Crippen LogP contribution in [-0.2, 0) is 0 Å². The Bertz CT molecular complexity index is 518. The number of ether oxygens (including phenoxy) is 2. The van der Waals surface area contributed by atoms with E-state index in [1.54, 1.807) is 0 Å². The van der Waals surface area contributed by atoms with Gasteiger partial charge in [-0.3, -0.25) is 0 Å². The SMILES string of the molecule is CC1COc2ccc(C(N)C(F)(F)C(F)(F)F)cc2OC1. The average Bonchev–Trinajstić information content (AvgIpc) is 2.58. The van der Waals surface area contributed by atoms with E-state index in [0.29, 0.717) is 12.4 Å². The number of benzene rings is 1. The zero-order chi connectivity index (χ0) is 15.8. The number of nitrogens with two attached hydrogens (primary N) is 1. The van der Waals surface area contributed by atoms with E-state index in [2.05, 4.69) is 0 Å². The molecule has 2 unspecified atom stereocenters. The van der Waals surface area contributed by atoms with Crippen molar-refractivity contribution >= 4 is 0 Å². The van der Waals surface area contributed by atoms with Gasteiger partial charge in [-0.15, -0.1) is 0 Å². The summed E-state index contributed by atoms with van der Waals surface area (Å²) in [5.41, 5.74) is 4.73. The Morgan fingerprint density at radius 1 is 1.10 bits per heavy atom. The average molecular weight is 311 g/mol. The maximum absolute atomic E-state index is 13.3. The van der Waals surface area contributed by atoms with E-state index in [4.69, 9.17) is 15.2 Å². The molecule has 2 rings (SSSR count). The Kier molecular flexibility index (Phi) is 4.01. The highest BCUT2D eigenvalue weighted by Gasteiger charge is 2.61. The van der Waals surface area contributed by atoms with Gasteiger partial charge in [-0.25, -0.2) is 0 Å². The Morgan fingerprint density at radius 3 is 2.24 bits per heavy atom. The minimum Gasteiger partial charge on any atom is -0.489 e. The Labute approximate surface area is 117 Å². The van der Waals surface area contributed by atoms with Crippen molar-refractivity contribution in [1.82, 2.24) is 0 Å². The lowest BCUT2D eigenvalue weighted by Gasteiger charge is -2.26. The van der Waals surface area contributed by atoms with E-state index < -0.39 is 18.1 Å². The number of alkyl halides is 5. The highest BCUT2D eigenvalue weighted by Crippen LogP contribution is 2.44. The van der Waals surface area contributed by atoms with Crippen LogP contribution in [0.5, 0.6) is 11.5 Å². The second-order valence-electron chi connectivity index (χ2n) is 5.03. The molecule has 21 heavy (non-hydrogen) atoms. The lowest BCUT2D eigenvalue weighted by atomic mass is 10.0. The molecule has 0 saturated carbocycles. The lowest BCUT2D eigenvalue weighted by molar-refractivity contribution is -0.291. The molecule has 1 aliphatic rings. The standard InChI is InChI=1S/C13H14F5NO2/c1-7-5-20-9-3-2-8(4-10(9)21-6-7)11(19)12(14,15)13(16,17)18/h2-4,7,11H,5-6,19H2,1H3. The topological polar surface area (TPSA) is 44.5 Å². The van der Waals surface area contributed by atoms with Gasteiger partial charge in [0.25, 0.3) is 0 Å². The third-order valence-electron chi connectivity index (χ3n) is 3.14. The molecule has 118 valence electrons. The molecule has 0 fully saturated rings. The van der Waals surface area contributed by atoms with Crippen LogP contribution in [0.1, 0.15) is 18.5 Å². The zero-order valence-electron chi connectivity index (χ0n) is 11.1. The Balaban J connectivity index is 2.30. The summed E-state index contributed by atoms with van der Waals surface area (Å²) in [5, 5.41) is 0. The summed E-state index contributed by atoms with van der Waals surface area (Å²) in [7, 11) is 0. The number of fused-ring (bicyclic) bond motifs is 1. The molecule has 0 saturated heterocycles. The second kappa shape index (κ2) is 5.32. The molecule has 0 bridgehead atoms. The van der Waals surface area contributed by atoms with Crippen LogP contribution in [0.4, 0.5) is 22.0 Å². The monoisotopic (exact) mass is 311 g/mol. The van der Waals surface area contributed by atoms with E-state index in [0.717, 1.165) is 12.1 Å². The van der Waals surface area contributed by atoms with Gasteiger partial charge < -0.3 is 15.2 Å². The number of hydrogen-bond donors (Lipinski definition) is 1. The predicted molar refractivity (Wildman–Crippen MR) is 64.5 cm³/mol. The van der Waals surface area contributed by atoms with Crippen molar-refractivity contribution in [2.24, 2.45) is 11.7 Å². The smallest absolute Gasteiger partial charge is 0.455 e. The van der Waals surface area contributed by atoms with Crippen molar-refractivity contribution in [3.63, 3.8) is 0 Å². The molecule has 0 radical (unpaired) electrons. The fourth-order valence-corrected chi connectivity index (χ4v) is 1.85. The van der Waals surface area contributed by atoms with Crippen LogP contribution in [0.2, 0.25) is 0 Å². The van der Waals surface area contributed by atoms with Crippen molar-refractivity contribution in [3.8, 4) is 11.5 Å². The zero-order valence-corrected chi connectivity index (χ0v) is 11.1. The molecule has 0 aliphatic carbocycles. The fraction of sp³-hybridized carbons (Fsp3) is 0.538. The fourth-order valence-electron chi connectivity index (χ4n) is 1.85. The normalized spacial score (nSPS) is 20.8. The van der Waals surface area contributed by atoms with Crippen LogP contribution < -0.4 is 15.2 Å². The van der Waals surface area contributed by atoms with Gasteiger partial charge in [0.05, 0.1) is 13.2 Å². The van der Waals surface area contributed by atoms with Gasteiger partial charge in [-0.05, 0) is 17.7 Å². The van der Waals surface area contributed by atoms with E-state index in [1.807, 2.05) is 6.92 Å². The van der Waals surface area contributed by atoms with Crippen molar-refractivity contribution in [2.45, 2.75) is 25.1 Å². The van der Waals surface area contributed by atoms with Crippen molar-refractivity contribution in [2.75, 3.05) is 13.2 Å². The van der Waals surface area contributed by atoms with Gasteiger partial charge in [0.1, 0.15) is 6.04 Å². The molecular weight excluding hydrogens is 297 g/mol. The molecule has 0 amide bonds. The molecule has 2 atom stereocenters. The van der Waals surface area contributed by atoms with Crippen LogP contribution in [0.15, 0.2) is 18.2 Å². The van der Waals surface area contributed by atoms with Crippen molar-refractivity contribution < 1.29 is 31.4 Å². The van der Waals surface area contributed by atoms with Gasteiger partial charge in [-0.2, -0.15) is 22.0 Å². The number of hydrogen-bond acceptors (Lipinski definition) is 3. The van der Waals surface area contributed by atoms with Gasteiger partial charge >= 0.3 is 12.1 Å². The van der Waals surface area contributed by atoms with Gasteiger partial charge in [-0.1, -0.05) is 13.0 Å². The highest BCUT2D eigenvalue weighted by atomic mass is 19.4. The maximum atomic E-state index is 13.3. The van der Waals surface area contributed by atoms with Crippen molar-refractivity contribution in [3.05, 3.63) is 23.8 Å². The highest BCUT2D eigenvalue weighted by molar-refractivity contribution is 5.44. The van der Waals surface area contributed by atoms with Crippen LogP contribution in [-0.4, -0.2) is 25.3 Å². The summed E-state index contributed by atoms with van der Waals surface area (Å²) in [6, 6.07) is 0.932. The molecule has 1 heterocycles. The summed E-state index contributed by atoms with van der Waals surface area (Å²) < 4.78 is 74.3. The molecule has 0 aromatic heterocycles. The molecule has 2 N–H and O–H groups in total. The molecule has 3 nitrogen and oxygen atoms in total. The largest absolute Gasteiger partial charge is 0.489 e. The molecule has 1 aromatic carbocycles. The van der Waals surface area contributed by atoms with Crippen LogP contribution in [0, 0.1) is 5.92 Å². The van der Waals surface area contributed by atoms with Gasteiger partial charge in [0, 0.05) is 5.92 Å². The molecule has 1 aromatic rings. The quantitative estimate of drug-likeness (QED) is 0.852. The number of rotatable bonds is 2. The molecule has 1 aliphatic heterocycles. The first kappa shape index (κ1) is 15.8. The van der Waals surface area contributed by atoms with E-state index in [1.165, 1.54) is 6.07 Å². The predicted octanol–water partition coefficient (Wildman–Crippen LogP) is 3.29. The van der Waals surface area contributed by atoms with Gasteiger partial charge in [0.15, 0.2) is 11.5 Å². The third-order valence-corrected chi connectivity index (χ3v) is 3.14. The maximum Gasteiger partial charge on any atom is 0.455 e. The molecule has 8 heteroatoms. The molecule has 0 spiro atoms. The summed E-state index contributed by atoms with van der Waals surface area (Å²) in [6.07, 6.45) is -5.72. The van der Waals surface area contributed by atoms with E-state index in [-0.39, 0.29) is 23.8 Å². The molecular formula is C13H14F5NO2. The first-order valence-electron chi connectivity index (χ1n) is 6.22. The summed E-state index contributed by atoms with van der Waals surface area (Å²) in [6.45, 7) is 2.51. The van der Waals surface area contributed by atoms with Crippen LogP contribution >= 0.6 is 0 Å². The van der Waals surface area contributed by atoms with Crippen LogP contribution in [0.3, 0.4) is 0 Å². The minimum atomic E-state index is -5.72. The van der Waals surface area contributed by atoms with E-state index in [9.17, 15) is 22.0 Å². The second-order valence-corrected chi connectivity index (χ2v) is 5.03. The Hall–Kier alpha value is -1.57. The number of halogens is 5. The minimum absolute atomic E-state index is 0.0751. The van der Waals surface area contributed by atoms with Crippen LogP contribution in [0.25, 0.3) is 0 Å².